The lowest BCUT2D eigenvalue weighted by molar-refractivity contribution is -0.117. The van der Waals surface area contributed by atoms with Crippen molar-refractivity contribution in [1.29, 1.82) is 0 Å². The molecule has 2 heterocycles. The minimum Gasteiger partial charge on any atom is -0.336 e. The van der Waals surface area contributed by atoms with E-state index >= 15 is 0 Å². The number of carbonyl (C=O) groups is 1. The van der Waals surface area contributed by atoms with Gasteiger partial charge in [0.1, 0.15) is 5.82 Å². The van der Waals surface area contributed by atoms with Gasteiger partial charge in [-0.05, 0) is 13.3 Å². The fraction of sp³-hybridized carbons (Fsp3) is 0.556. The molecule has 1 fully saturated rings. The normalized spacial score (nSPS) is 17.1. The van der Waals surface area contributed by atoms with Crippen LogP contribution in [0.15, 0.2) is 6.20 Å². The van der Waals surface area contributed by atoms with Crippen molar-refractivity contribution in [2.45, 2.75) is 19.8 Å². The van der Waals surface area contributed by atoms with Crippen molar-refractivity contribution in [3.63, 3.8) is 0 Å². The van der Waals surface area contributed by atoms with Crippen molar-refractivity contribution >= 4 is 11.7 Å². The quantitative estimate of drug-likeness (QED) is 0.641. The molecule has 70 valence electrons. The third-order valence-corrected chi connectivity index (χ3v) is 2.45. The molecule has 0 spiro atoms. The van der Waals surface area contributed by atoms with E-state index < -0.39 is 0 Å². The van der Waals surface area contributed by atoms with Crippen molar-refractivity contribution < 1.29 is 4.79 Å². The fourth-order valence-corrected chi connectivity index (χ4v) is 1.56. The zero-order valence-corrected chi connectivity index (χ0v) is 7.95. The van der Waals surface area contributed by atoms with Crippen LogP contribution in [-0.2, 0) is 11.8 Å². The number of anilines is 1. The highest BCUT2D eigenvalue weighted by Gasteiger charge is 2.23. The Morgan fingerprint density at radius 2 is 2.31 bits per heavy atom. The Hall–Kier alpha value is -1.32. The number of imidazole rings is 1. The van der Waals surface area contributed by atoms with E-state index in [-0.39, 0.29) is 5.91 Å². The first-order valence-corrected chi connectivity index (χ1v) is 4.49. The van der Waals surface area contributed by atoms with Crippen LogP contribution in [0.1, 0.15) is 18.7 Å². The van der Waals surface area contributed by atoms with Crippen molar-refractivity contribution in [1.82, 2.24) is 9.55 Å². The van der Waals surface area contributed by atoms with E-state index in [1.54, 1.807) is 4.90 Å². The van der Waals surface area contributed by atoms with Crippen LogP contribution < -0.4 is 4.90 Å². The third-order valence-electron chi connectivity index (χ3n) is 2.45. The van der Waals surface area contributed by atoms with Gasteiger partial charge in [-0.15, -0.1) is 0 Å². The second-order valence-corrected chi connectivity index (χ2v) is 3.41. The third kappa shape index (κ3) is 1.32. The van der Waals surface area contributed by atoms with E-state index in [2.05, 4.69) is 4.98 Å². The lowest BCUT2D eigenvalue weighted by Crippen LogP contribution is -2.23. The summed E-state index contributed by atoms with van der Waals surface area (Å²) in [6, 6.07) is 0. The lowest BCUT2D eigenvalue weighted by Gasteiger charge is -2.10. The number of aryl methyl sites for hydroxylation is 2. The molecule has 0 bridgehead atoms. The highest BCUT2D eigenvalue weighted by molar-refractivity contribution is 5.94. The van der Waals surface area contributed by atoms with Crippen LogP contribution in [-0.4, -0.2) is 22.0 Å². The first-order valence-electron chi connectivity index (χ1n) is 4.49. The molecule has 4 heteroatoms. The molecular weight excluding hydrogens is 166 g/mol. The molecule has 0 N–H and O–H groups in total. The van der Waals surface area contributed by atoms with Gasteiger partial charge >= 0.3 is 0 Å². The van der Waals surface area contributed by atoms with Gasteiger partial charge in [0.2, 0.25) is 5.91 Å². The average molecular weight is 179 g/mol. The molecule has 0 saturated carbocycles. The number of aromatic nitrogens is 2. The number of hydrogen-bond acceptors (Lipinski definition) is 2. The van der Waals surface area contributed by atoms with Crippen LogP contribution in [0.2, 0.25) is 0 Å². The maximum atomic E-state index is 11.4. The standard InChI is InChI=1S/C9H13N3O/c1-7-10-8(6-11(7)2)12-5-3-4-9(12)13/h6H,3-5H2,1-2H3. The summed E-state index contributed by atoms with van der Waals surface area (Å²) in [5.41, 5.74) is 0. The highest BCUT2D eigenvalue weighted by Crippen LogP contribution is 2.19. The smallest absolute Gasteiger partial charge is 0.228 e. The van der Waals surface area contributed by atoms with E-state index in [0.29, 0.717) is 6.42 Å². The monoisotopic (exact) mass is 179 g/mol. The van der Waals surface area contributed by atoms with E-state index in [4.69, 9.17) is 0 Å². The molecule has 1 saturated heterocycles. The molecule has 0 aromatic carbocycles. The van der Waals surface area contributed by atoms with Crippen LogP contribution in [0.25, 0.3) is 0 Å². The highest BCUT2D eigenvalue weighted by atomic mass is 16.2. The van der Waals surface area contributed by atoms with Crippen LogP contribution in [0.5, 0.6) is 0 Å². The Kier molecular flexibility index (Phi) is 1.83. The molecule has 0 atom stereocenters. The number of carbonyl (C=O) groups excluding carboxylic acids is 1. The summed E-state index contributed by atoms with van der Waals surface area (Å²) in [4.78, 5) is 17.4. The van der Waals surface area contributed by atoms with Crippen LogP contribution in [0.3, 0.4) is 0 Å². The summed E-state index contributed by atoms with van der Waals surface area (Å²) in [7, 11) is 1.94. The SMILES string of the molecule is Cc1nc(N2CCCC2=O)cn1C. The Labute approximate surface area is 77.2 Å². The predicted octanol–water partition coefficient (Wildman–Crippen LogP) is 0.855. The topological polar surface area (TPSA) is 38.1 Å². The summed E-state index contributed by atoms with van der Waals surface area (Å²) in [6.45, 7) is 2.75. The molecule has 0 aliphatic carbocycles. The van der Waals surface area contributed by atoms with Gasteiger partial charge in [0.15, 0.2) is 5.82 Å². The van der Waals surface area contributed by atoms with Gasteiger partial charge in [0, 0.05) is 26.2 Å². The summed E-state index contributed by atoms with van der Waals surface area (Å²) in [5.74, 6) is 1.93. The second-order valence-electron chi connectivity index (χ2n) is 3.41. The molecule has 0 radical (unpaired) electrons. The fourth-order valence-electron chi connectivity index (χ4n) is 1.56. The first kappa shape index (κ1) is 8.29. The van der Waals surface area contributed by atoms with Gasteiger partial charge in [-0.25, -0.2) is 4.98 Å². The molecule has 1 aromatic rings. The van der Waals surface area contributed by atoms with Gasteiger partial charge in [0.05, 0.1) is 0 Å². The molecule has 1 aromatic heterocycles. The van der Waals surface area contributed by atoms with E-state index in [9.17, 15) is 4.79 Å². The number of amides is 1. The zero-order chi connectivity index (χ0) is 9.42. The van der Waals surface area contributed by atoms with E-state index in [0.717, 1.165) is 24.6 Å². The van der Waals surface area contributed by atoms with E-state index in [1.807, 2.05) is 24.7 Å². The number of rotatable bonds is 1. The summed E-state index contributed by atoms with van der Waals surface area (Å²) in [5, 5.41) is 0. The Balaban J connectivity index is 2.29. The summed E-state index contributed by atoms with van der Waals surface area (Å²) >= 11 is 0. The van der Waals surface area contributed by atoms with Gasteiger partial charge in [-0.1, -0.05) is 0 Å². The molecular formula is C9H13N3O. The van der Waals surface area contributed by atoms with Crippen LogP contribution >= 0.6 is 0 Å². The minimum atomic E-state index is 0.193. The predicted molar refractivity (Wildman–Crippen MR) is 49.5 cm³/mol. The maximum Gasteiger partial charge on any atom is 0.228 e. The molecule has 1 aliphatic heterocycles. The van der Waals surface area contributed by atoms with Crippen molar-refractivity contribution in [3.8, 4) is 0 Å². The molecule has 1 aliphatic rings. The largest absolute Gasteiger partial charge is 0.336 e. The maximum absolute atomic E-state index is 11.4. The van der Waals surface area contributed by atoms with Crippen molar-refractivity contribution in [2.24, 2.45) is 7.05 Å². The molecule has 2 rings (SSSR count). The van der Waals surface area contributed by atoms with Crippen LogP contribution in [0.4, 0.5) is 5.82 Å². The molecule has 4 nitrogen and oxygen atoms in total. The van der Waals surface area contributed by atoms with Gasteiger partial charge in [-0.3, -0.25) is 9.69 Å². The first-order chi connectivity index (χ1) is 6.18. The Morgan fingerprint density at radius 1 is 1.54 bits per heavy atom. The van der Waals surface area contributed by atoms with Gasteiger partial charge < -0.3 is 4.57 Å². The minimum absolute atomic E-state index is 0.193. The Morgan fingerprint density at radius 3 is 2.77 bits per heavy atom. The Bertz CT molecular complexity index is 323. The number of nitrogens with zero attached hydrogens (tertiary/aromatic N) is 3. The molecule has 0 unspecified atom stereocenters. The number of hydrogen-bond donors (Lipinski definition) is 0. The zero-order valence-electron chi connectivity index (χ0n) is 7.95. The molecule has 13 heavy (non-hydrogen) atoms. The van der Waals surface area contributed by atoms with E-state index in [1.165, 1.54) is 0 Å². The van der Waals surface area contributed by atoms with Crippen molar-refractivity contribution in [2.75, 3.05) is 11.4 Å². The summed E-state index contributed by atoms with van der Waals surface area (Å²) in [6.07, 6.45) is 3.52. The van der Waals surface area contributed by atoms with Crippen molar-refractivity contribution in [3.05, 3.63) is 12.0 Å². The van der Waals surface area contributed by atoms with Gasteiger partial charge in [0.25, 0.3) is 0 Å². The van der Waals surface area contributed by atoms with Crippen LogP contribution in [0, 0.1) is 6.92 Å². The second kappa shape index (κ2) is 2.87. The molecule has 1 amide bonds. The summed E-state index contributed by atoms with van der Waals surface area (Å²) < 4.78 is 1.93. The van der Waals surface area contributed by atoms with Gasteiger partial charge in [-0.2, -0.15) is 0 Å². The lowest BCUT2D eigenvalue weighted by atomic mass is 10.4. The average Bonchev–Trinajstić information content (AvgIpc) is 2.60.